The van der Waals surface area contributed by atoms with Gasteiger partial charge in [-0.15, -0.1) is 0 Å². The molecule has 0 aliphatic heterocycles. The number of aliphatic hydroxyl groups excluding tert-OH is 1. The van der Waals surface area contributed by atoms with Crippen LogP contribution in [0.15, 0.2) is 0 Å². The van der Waals surface area contributed by atoms with Crippen LogP contribution in [0.4, 0.5) is 4.79 Å². The molecule has 0 aromatic carbocycles. The Morgan fingerprint density at radius 2 is 1.85 bits per heavy atom. The normalized spacial score (nSPS) is 15.3. The maximum Gasteiger partial charge on any atom is 0.412 e. The molecule has 0 heterocycles. The van der Waals surface area contributed by atoms with Crippen LogP contribution in [0.1, 0.15) is 27.2 Å². The van der Waals surface area contributed by atoms with Crippen molar-refractivity contribution in [2.24, 2.45) is 5.92 Å². The van der Waals surface area contributed by atoms with Gasteiger partial charge in [0.1, 0.15) is 6.23 Å². The van der Waals surface area contributed by atoms with Gasteiger partial charge >= 0.3 is 12.1 Å². The Kier molecular flexibility index (Phi) is 9.20. The Hall–Kier alpha value is -1.11. The van der Waals surface area contributed by atoms with E-state index >= 15 is 0 Å². The molecule has 2 N–H and O–H groups in total. The number of alkyl carbamates (subject to hydrolysis) is 1. The number of carbonyl (C=O) groups excluding carboxylic acids is 2. The Bertz CT molecular complexity index is 348. The van der Waals surface area contributed by atoms with Crippen molar-refractivity contribution in [3.63, 3.8) is 0 Å². The Morgan fingerprint density at radius 1 is 1.25 bits per heavy atom. The second kappa shape index (κ2) is 9.74. The highest BCUT2D eigenvalue weighted by Gasteiger charge is 2.17. The van der Waals surface area contributed by atoms with Crippen molar-refractivity contribution in [1.82, 2.24) is 5.32 Å². The predicted molar refractivity (Wildman–Crippen MR) is 71.5 cm³/mol. The van der Waals surface area contributed by atoms with Crippen LogP contribution in [-0.4, -0.2) is 43.0 Å². The van der Waals surface area contributed by atoms with E-state index in [1.165, 1.54) is 13.6 Å². The zero-order chi connectivity index (χ0) is 15.7. The summed E-state index contributed by atoms with van der Waals surface area (Å²) in [6.45, 7) is 6.16. The summed E-state index contributed by atoms with van der Waals surface area (Å²) in [4.78, 5) is 22.6. The molecular formula is C11H22NO7P. The summed E-state index contributed by atoms with van der Waals surface area (Å²) in [6, 6.07) is 0. The third-order valence-electron chi connectivity index (χ3n) is 2.01. The van der Waals surface area contributed by atoms with E-state index in [9.17, 15) is 19.3 Å². The van der Waals surface area contributed by atoms with Gasteiger partial charge in [0.05, 0.1) is 12.5 Å². The van der Waals surface area contributed by atoms with E-state index in [0.29, 0.717) is 0 Å². The summed E-state index contributed by atoms with van der Waals surface area (Å²) in [6.07, 6.45) is -3.11. The van der Waals surface area contributed by atoms with Gasteiger partial charge in [-0.1, -0.05) is 13.8 Å². The smallest absolute Gasteiger partial charge is 0.412 e. The lowest BCUT2D eigenvalue weighted by atomic mass is 10.2. The molecule has 0 rings (SSSR count). The quantitative estimate of drug-likeness (QED) is 0.392. The van der Waals surface area contributed by atoms with E-state index in [0.717, 1.165) is 0 Å². The number of amides is 1. The average Bonchev–Trinajstić information content (AvgIpc) is 2.27. The third-order valence-corrected chi connectivity index (χ3v) is 2.62. The number of hydrogen-bond donors (Lipinski definition) is 2. The molecule has 0 aromatic heterocycles. The maximum atomic E-state index is 11.3. The van der Waals surface area contributed by atoms with Crippen LogP contribution in [0.5, 0.6) is 0 Å². The van der Waals surface area contributed by atoms with E-state index in [1.807, 2.05) is 0 Å². The summed E-state index contributed by atoms with van der Waals surface area (Å²) >= 11 is 0. The van der Waals surface area contributed by atoms with Crippen LogP contribution < -0.4 is 5.32 Å². The number of ether oxygens (including phenoxy) is 2. The van der Waals surface area contributed by atoms with Gasteiger partial charge in [-0.25, -0.2) is 4.79 Å². The standard InChI is InChI=1S/C11H22NO7P/c1-7(2)10(14)18-8(3)19-11(15)12-9(13)5-6-17-20(4)16/h7-9,13,20H,5-6H2,1-4H3,(H,12,15). The first-order valence-electron chi connectivity index (χ1n) is 6.21. The fourth-order valence-electron chi connectivity index (χ4n) is 1.03. The van der Waals surface area contributed by atoms with E-state index < -0.39 is 32.6 Å². The average molecular weight is 311 g/mol. The van der Waals surface area contributed by atoms with Crippen molar-refractivity contribution in [3.8, 4) is 0 Å². The van der Waals surface area contributed by atoms with Gasteiger partial charge in [0.25, 0.3) is 0 Å². The van der Waals surface area contributed by atoms with Crippen LogP contribution in [0, 0.1) is 5.92 Å². The molecule has 0 spiro atoms. The molecule has 0 radical (unpaired) electrons. The monoisotopic (exact) mass is 311 g/mol. The molecular weight excluding hydrogens is 289 g/mol. The molecule has 0 fully saturated rings. The van der Waals surface area contributed by atoms with Crippen LogP contribution >= 0.6 is 8.03 Å². The molecule has 118 valence electrons. The minimum Gasteiger partial charge on any atom is -0.425 e. The molecule has 0 saturated heterocycles. The third kappa shape index (κ3) is 9.77. The van der Waals surface area contributed by atoms with Gasteiger partial charge in [-0.2, -0.15) is 0 Å². The molecule has 1 amide bonds. The molecule has 3 unspecified atom stereocenters. The Morgan fingerprint density at radius 3 is 2.35 bits per heavy atom. The van der Waals surface area contributed by atoms with E-state index in [4.69, 9.17) is 14.0 Å². The molecule has 0 bridgehead atoms. The fourth-order valence-corrected chi connectivity index (χ4v) is 1.44. The predicted octanol–water partition coefficient (Wildman–Crippen LogP) is 1.09. The van der Waals surface area contributed by atoms with Gasteiger partial charge in [0.15, 0.2) is 8.03 Å². The zero-order valence-electron chi connectivity index (χ0n) is 12.0. The Labute approximate surface area is 118 Å². The molecule has 3 atom stereocenters. The second-order valence-electron chi connectivity index (χ2n) is 4.35. The maximum absolute atomic E-state index is 11.3. The lowest BCUT2D eigenvalue weighted by Crippen LogP contribution is -2.38. The highest BCUT2D eigenvalue weighted by molar-refractivity contribution is 7.38. The van der Waals surface area contributed by atoms with Crippen molar-refractivity contribution < 1.29 is 33.3 Å². The van der Waals surface area contributed by atoms with Gasteiger partial charge in [0, 0.05) is 20.0 Å². The van der Waals surface area contributed by atoms with Crippen LogP contribution in [0.2, 0.25) is 0 Å². The lowest BCUT2D eigenvalue weighted by molar-refractivity contribution is -0.168. The first-order valence-corrected chi connectivity index (χ1v) is 8.03. The number of aliphatic hydroxyl groups is 1. The van der Waals surface area contributed by atoms with Gasteiger partial charge in [-0.3, -0.25) is 14.7 Å². The molecule has 0 saturated carbocycles. The zero-order valence-corrected chi connectivity index (χ0v) is 13.0. The van der Waals surface area contributed by atoms with E-state index in [-0.39, 0.29) is 18.9 Å². The number of nitrogens with one attached hydrogen (secondary N) is 1. The summed E-state index contributed by atoms with van der Waals surface area (Å²) in [5, 5.41) is 11.5. The first kappa shape index (κ1) is 18.9. The highest BCUT2D eigenvalue weighted by atomic mass is 31.1. The summed E-state index contributed by atoms with van der Waals surface area (Å²) in [5.41, 5.74) is 0. The molecule has 0 aromatic rings. The first-order chi connectivity index (χ1) is 9.22. The van der Waals surface area contributed by atoms with E-state index in [1.54, 1.807) is 13.8 Å². The van der Waals surface area contributed by atoms with Gasteiger partial charge < -0.3 is 19.1 Å². The second-order valence-corrected chi connectivity index (χ2v) is 5.63. The SMILES string of the molecule is CC(OC(=O)NC(O)CCO[PH](C)=O)OC(=O)C(C)C. The molecule has 0 aliphatic rings. The summed E-state index contributed by atoms with van der Waals surface area (Å²) in [5.74, 6) is -0.823. The number of esters is 1. The van der Waals surface area contributed by atoms with Crippen molar-refractivity contribution in [2.45, 2.75) is 39.7 Å². The molecule has 8 nitrogen and oxygen atoms in total. The molecule has 0 aliphatic carbocycles. The number of carbonyl (C=O) groups is 2. The van der Waals surface area contributed by atoms with Crippen LogP contribution in [-0.2, 0) is 23.4 Å². The topological polar surface area (TPSA) is 111 Å². The fraction of sp³-hybridized carbons (Fsp3) is 0.818. The number of hydrogen-bond acceptors (Lipinski definition) is 7. The summed E-state index contributed by atoms with van der Waals surface area (Å²) in [7, 11) is -2.06. The highest BCUT2D eigenvalue weighted by Crippen LogP contribution is 2.15. The van der Waals surface area contributed by atoms with Gasteiger partial charge in [0.2, 0.25) is 6.29 Å². The van der Waals surface area contributed by atoms with Crippen molar-refractivity contribution in [3.05, 3.63) is 0 Å². The van der Waals surface area contributed by atoms with Crippen LogP contribution in [0.25, 0.3) is 0 Å². The Balaban J connectivity index is 3.91. The van der Waals surface area contributed by atoms with Crippen LogP contribution in [0.3, 0.4) is 0 Å². The number of rotatable bonds is 8. The van der Waals surface area contributed by atoms with Gasteiger partial charge in [-0.05, 0) is 0 Å². The van der Waals surface area contributed by atoms with Crippen molar-refractivity contribution in [2.75, 3.05) is 13.3 Å². The van der Waals surface area contributed by atoms with Crippen molar-refractivity contribution >= 4 is 20.1 Å². The minimum absolute atomic E-state index is 0.0492. The molecule has 20 heavy (non-hydrogen) atoms. The largest absolute Gasteiger partial charge is 0.425 e. The lowest BCUT2D eigenvalue weighted by Gasteiger charge is -2.17. The molecule has 9 heteroatoms. The van der Waals surface area contributed by atoms with E-state index in [2.05, 4.69) is 5.32 Å². The minimum atomic E-state index is -2.06. The summed E-state index contributed by atoms with van der Waals surface area (Å²) < 4.78 is 25.0. The van der Waals surface area contributed by atoms with Crippen molar-refractivity contribution in [1.29, 1.82) is 0 Å².